The summed E-state index contributed by atoms with van der Waals surface area (Å²) in [5, 5.41) is 0. The highest BCUT2D eigenvalue weighted by atomic mass is 16.2. The fourth-order valence-electron chi connectivity index (χ4n) is 1.80. The van der Waals surface area contributed by atoms with Gasteiger partial charge in [-0.3, -0.25) is 4.48 Å². The van der Waals surface area contributed by atoms with Crippen molar-refractivity contribution in [3.8, 4) is 0 Å². The lowest BCUT2D eigenvalue weighted by Crippen LogP contribution is -2.44. The Morgan fingerprint density at radius 2 is 1.82 bits per heavy atom. The molecule has 90 valence electrons. The van der Waals surface area contributed by atoms with Crippen LogP contribution in [0, 0.1) is 0 Å². The Morgan fingerprint density at radius 1 is 1.29 bits per heavy atom. The fourth-order valence-corrected chi connectivity index (χ4v) is 1.80. The molecule has 0 atom stereocenters. The van der Waals surface area contributed by atoms with Crippen LogP contribution in [-0.4, -0.2) is 24.5 Å². The van der Waals surface area contributed by atoms with Gasteiger partial charge < -0.3 is 0 Å². The highest BCUT2D eigenvalue weighted by Crippen LogP contribution is 2.14. The third-order valence-electron chi connectivity index (χ3n) is 2.71. The van der Waals surface area contributed by atoms with E-state index in [1.807, 2.05) is 44.4 Å². The molecule has 1 aromatic carbocycles. The van der Waals surface area contributed by atoms with Crippen LogP contribution in [0.4, 0.5) is 0 Å². The maximum absolute atomic E-state index is 11.9. The van der Waals surface area contributed by atoms with E-state index >= 15 is 0 Å². The summed E-state index contributed by atoms with van der Waals surface area (Å²) in [6.45, 7) is 9.85. The van der Waals surface area contributed by atoms with Crippen LogP contribution in [0.3, 0.4) is 0 Å². The van der Waals surface area contributed by atoms with Gasteiger partial charge in [-0.2, -0.15) is 0 Å². The van der Waals surface area contributed by atoms with Gasteiger partial charge in [-0.15, -0.1) is 0 Å². The Bertz CT molecular complexity index is 440. The number of hydrogen-bond donors (Lipinski definition) is 0. The summed E-state index contributed by atoms with van der Waals surface area (Å²) in [4.78, 5) is 11.9. The van der Waals surface area contributed by atoms with Crippen molar-refractivity contribution in [3.63, 3.8) is 0 Å². The Morgan fingerprint density at radius 3 is 2.24 bits per heavy atom. The molecule has 17 heavy (non-hydrogen) atoms. The molecule has 2 nitrogen and oxygen atoms in total. The molecule has 2 heteroatoms. The zero-order valence-corrected chi connectivity index (χ0v) is 10.9. The van der Waals surface area contributed by atoms with E-state index < -0.39 is 0 Å². The first-order valence-corrected chi connectivity index (χ1v) is 5.61. The zero-order chi connectivity index (χ0) is 13.1. The predicted molar refractivity (Wildman–Crippen MR) is 72.2 cm³/mol. The molecule has 1 aromatic rings. The van der Waals surface area contributed by atoms with E-state index in [9.17, 15) is 4.79 Å². The molecule has 0 saturated heterocycles. The lowest BCUT2D eigenvalue weighted by molar-refractivity contribution is -0.825. The molecule has 0 unspecified atom stereocenters. The number of quaternary nitrogens is 1. The third kappa shape index (κ3) is 3.40. The van der Waals surface area contributed by atoms with E-state index in [4.69, 9.17) is 0 Å². The third-order valence-corrected chi connectivity index (χ3v) is 2.71. The van der Waals surface area contributed by atoms with Crippen molar-refractivity contribution in [1.29, 1.82) is 0 Å². The molecule has 0 fully saturated rings. The summed E-state index contributed by atoms with van der Waals surface area (Å²) in [6, 6.07) is 8.08. The first-order chi connectivity index (χ1) is 7.86. The van der Waals surface area contributed by atoms with Crippen molar-refractivity contribution >= 4 is 12.0 Å². The van der Waals surface area contributed by atoms with Crippen LogP contribution >= 0.6 is 0 Å². The van der Waals surface area contributed by atoms with Crippen LogP contribution < -0.4 is 0 Å². The van der Waals surface area contributed by atoms with Crippen molar-refractivity contribution in [2.45, 2.75) is 13.5 Å². The lowest BCUT2D eigenvalue weighted by atomic mass is 10.1. The van der Waals surface area contributed by atoms with Crippen molar-refractivity contribution in [1.82, 2.24) is 0 Å². The quantitative estimate of drug-likeness (QED) is 0.574. The number of carbonyl (C=O) groups excluding carboxylic acids is 1. The summed E-state index contributed by atoms with van der Waals surface area (Å²) >= 11 is 0. The number of amides is 1. The standard InChI is InChI=1S/C15H20NO/c1-6-13-7-9-14(10-8-13)11-16(4,5)15(17)12(2)3/h6-10H,1-2,11H2,3-5H3/q+1. The molecular formula is C15H20NO+. The fraction of sp³-hybridized carbons (Fsp3) is 0.267. The summed E-state index contributed by atoms with van der Waals surface area (Å²) in [5.41, 5.74) is 2.82. The molecule has 0 heterocycles. The van der Waals surface area contributed by atoms with E-state index in [1.54, 1.807) is 6.92 Å². The van der Waals surface area contributed by atoms with E-state index in [1.165, 1.54) is 0 Å². The predicted octanol–water partition coefficient (Wildman–Crippen LogP) is 3.01. The molecule has 0 aliphatic rings. The van der Waals surface area contributed by atoms with Gasteiger partial charge in [-0.1, -0.05) is 43.5 Å². The summed E-state index contributed by atoms with van der Waals surface area (Å²) in [6.07, 6.45) is 1.81. The number of hydrogen-bond acceptors (Lipinski definition) is 1. The number of likely N-dealkylation sites (N-methyl/N-ethyl adjacent to an activating group) is 1. The summed E-state index contributed by atoms with van der Waals surface area (Å²) < 4.78 is 0.294. The van der Waals surface area contributed by atoms with Gasteiger partial charge in [0.2, 0.25) is 0 Å². The summed E-state index contributed by atoms with van der Waals surface area (Å²) in [7, 11) is 3.80. The number of rotatable bonds is 4. The van der Waals surface area contributed by atoms with E-state index in [2.05, 4.69) is 13.2 Å². The smallest absolute Gasteiger partial charge is 0.258 e. The van der Waals surface area contributed by atoms with Crippen LogP contribution in [0.5, 0.6) is 0 Å². The minimum absolute atomic E-state index is 0.0674. The maximum atomic E-state index is 11.9. The second-order valence-electron chi connectivity index (χ2n) is 4.87. The van der Waals surface area contributed by atoms with E-state index in [0.29, 0.717) is 16.6 Å². The average molecular weight is 230 g/mol. The molecule has 1 rings (SSSR count). The molecule has 0 aromatic heterocycles. The number of carbonyl (C=O) groups is 1. The van der Waals surface area contributed by atoms with Crippen molar-refractivity contribution < 1.29 is 9.28 Å². The van der Waals surface area contributed by atoms with E-state index in [0.717, 1.165) is 11.1 Å². The minimum atomic E-state index is 0.0674. The van der Waals surface area contributed by atoms with Gasteiger partial charge in [0.05, 0.1) is 14.1 Å². The van der Waals surface area contributed by atoms with Gasteiger partial charge in [-0.05, 0) is 12.5 Å². The largest absolute Gasteiger partial charge is 0.340 e. The van der Waals surface area contributed by atoms with Gasteiger partial charge in [0.15, 0.2) is 0 Å². The number of benzene rings is 1. The van der Waals surface area contributed by atoms with Gasteiger partial charge in [0.1, 0.15) is 6.54 Å². The Balaban J connectivity index is 2.85. The highest BCUT2D eigenvalue weighted by molar-refractivity contribution is 5.86. The van der Waals surface area contributed by atoms with Crippen LogP contribution in [0.25, 0.3) is 6.08 Å². The van der Waals surface area contributed by atoms with E-state index in [-0.39, 0.29) is 5.91 Å². The average Bonchev–Trinajstić information content (AvgIpc) is 2.28. The molecule has 0 aliphatic heterocycles. The molecule has 0 saturated carbocycles. The van der Waals surface area contributed by atoms with Gasteiger partial charge in [0.25, 0.3) is 0 Å². The lowest BCUT2D eigenvalue weighted by Gasteiger charge is -2.26. The van der Waals surface area contributed by atoms with Crippen LogP contribution in [-0.2, 0) is 11.3 Å². The molecular weight excluding hydrogens is 210 g/mol. The van der Waals surface area contributed by atoms with Gasteiger partial charge in [-0.25, -0.2) is 4.79 Å². The molecule has 0 aliphatic carbocycles. The number of nitrogens with zero attached hydrogens (tertiary/aromatic N) is 1. The highest BCUT2D eigenvalue weighted by Gasteiger charge is 2.26. The van der Waals surface area contributed by atoms with Crippen LogP contribution in [0.2, 0.25) is 0 Å². The molecule has 0 radical (unpaired) electrons. The zero-order valence-electron chi connectivity index (χ0n) is 10.9. The van der Waals surface area contributed by atoms with Gasteiger partial charge >= 0.3 is 5.91 Å². The Hall–Kier alpha value is -1.67. The molecule has 1 amide bonds. The first-order valence-electron chi connectivity index (χ1n) is 5.61. The summed E-state index contributed by atoms with van der Waals surface area (Å²) in [5.74, 6) is 0.0674. The molecule has 0 N–H and O–H groups in total. The molecule has 0 spiro atoms. The maximum Gasteiger partial charge on any atom is 0.340 e. The second-order valence-corrected chi connectivity index (χ2v) is 4.87. The minimum Gasteiger partial charge on any atom is -0.258 e. The second kappa shape index (κ2) is 5.11. The Labute approximate surface area is 103 Å². The van der Waals surface area contributed by atoms with Crippen molar-refractivity contribution in [3.05, 3.63) is 54.1 Å². The van der Waals surface area contributed by atoms with Gasteiger partial charge in [0, 0.05) is 11.1 Å². The topological polar surface area (TPSA) is 17.1 Å². The first kappa shape index (κ1) is 13.4. The monoisotopic (exact) mass is 230 g/mol. The Kier molecular flexibility index (Phi) is 4.02. The van der Waals surface area contributed by atoms with Crippen molar-refractivity contribution in [2.75, 3.05) is 14.1 Å². The molecule has 0 bridgehead atoms. The normalized spacial score (nSPS) is 11.0. The SMILES string of the molecule is C=Cc1ccc(C[N+](C)(C)C(=O)C(=C)C)cc1. The van der Waals surface area contributed by atoms with Crippen molar-refractivity contribution in [2.24, 2.45) is 0 Å². The van der Waals surface area contributed by atoms with Crippen LogP contribution in [0.1, 0.15) is 18.1 Å². The van der Waals surface area contributed by atoms with Crippen LogP contribution in [0.15, 0.2) is 43.0 Å².